The van der Waals surface area contributed by atoms with Crippen LogP contribution in [0.4, 0.5) is 0 Å². The van der Waals surface area contributed by atoms with Crippen molar-refractivity contribution in [3.05, 3.63) is 39.9 Å². The quantitative estimate of drug-likeness (QED) is 0.797. The molecule has 0 saturated heterocycles. The average Bonchev–Trinajstić information content (AvgIpc) is 2.23. The number of hydrogen-bond donors (Lipinski definition) is 0. The first-order chi connectivity index (χ1) is 7.61. The van der Waals surface area contributed by atoms with E-state index in [0.717, 1.165) is 16.3 Å². The van der Waals surface area contributed by atoms with Crippen LogP contribution in [0, 0.1) is 0 Å². The van der Waals surface area contributed by atoms with Gasteiger partial charge >= 0.3 is 0 Å². The molecular weight excluding hydrogens is 288 g/mol. The number of carbonyl (C=O) groups is 2. The predicted octanol–water partition coefficient (Wildman–Crippen LogP) is 3.55. The molecule has 0 aliphatic rings. The molecule has 0 unspecified atom stereocenters. The summed E-state index contributed by atoms with van der Waals surface area (Å²) >= 11 is 4.59. The molecule has 0 N–H and O–H groups in total. The van der Waals surface area contributed by atoms with Crippen molar-refractivity contribution in [1.29, 1.82) is 0 Å². The molecule has 2 nitrogen and oxygen atoms in total. The number of rotatable bonds is 4. The highest BCUT2D eigenvalue weighted by Gasteiger charge is 1.96. The fourth-order valence-electron chi connectivity index (χ4n) is 1.15. The van der Waals surface area contributed by atoms with E-state index in [2.05, 4.69) is 15.9 Å². The van der Waals surface area contributed by atoms with Gasteiger partial charge in [0.05, 0.1) is 0 Å². The van der Waals surface area contributed by atoms with E-state index in [0.29, 0.717) is 11.3 Å². The zero-order valence-electron chi connectivity index (χ0n) is 8.77. The monoisotopic (exact) mass is 298 g/mol. The van der Waals surface area contributed by atoms with Crippen molar-refractivity contribution in [2.45, 2.75) is 6.92 Å². The van der Waals surface area contributed by atoms with Gasteiger partial charge in [-0.25, -0.2) is 0 Å². The Bertz CT molecular complexity index is 427. The Hall–Kier alpha value is -0.870. The fourth-order valence-corrected chi connectivity index (χ4v) is 2.11. The molecule has 4 heteroatoms. The Kier molecular flexibility index (Phi) is 5.49. The molecular formula is C12H11BrO2S. The predicted molar refractivity (Wildman–Crippen MR) is 71.7 cm³/mol. The topological polar surface area (TPSA) is 34.1 Å². The summed E-state index contributed by atoms with van der Waals surface area (Å²) in [5.74, 6) is 0.651. The summed E-state index contributed by atoms with van der Waals surface area (Å²) in [6.07, 6.45) is 4.61. The second-order valence-electron chi connectivity index (χ2n) is 3.14. The van der Waals surface area contributed by atoms with Gasteiger partial charge in [-0.3, -0.25) is 9.59 Å². The molecule has 0 atom stereocenters. The molecule has 1 aromatic rings. The van der Waals surface area contributed by atoms with E-state index in [1.54, 1.807) is 19.1 Å². The third-order valence-electron chi connectivity index (χ3n) is 1.77. The third kappa shape index (κ3) is 4.77. The highest BCUT2D eigenvalue weighted by Crippen LogP contribution is 2.16. The van der Waals surface area contributed by atoms with E-state index < -0.39 is 0 Å². The minimum atomic E-state index is 0.104. The molecule has 84 valence electrons. The minimum absolute atomic E-state index is 0.104. The van der Waals surface area contributed by atoms with Gasteiger partial charge in [0.2, 0.25) is 0 Å². The fraction of sp³-hybridized carbons (Fsp3) is 0.167. The van der Waals surface area contributed by atoms with Gasteiger partial charge in [-0.2, -0.15) is 0 Å². The number of carbonyl (C=O) groups excluding carboxylic acids is 2. The van der Waals surface area contributed by atoms with Crippen LogP contribution < -0.4 is 0 Å². The van der Waals surface area contributed by atoms with E-state index in [4.69, 9.17) is 0 Å². The second kappa shape index (κ2) is 6.66. The van der Waals surface area contributed by atoms with Gasteiger partial charge in [0.1, 0.15) is 6.29 Å². The summed E-state index contributed by atoms with van der Waals surface area (Å²) in [4.78, 5) is 21.3. The lowest BCUT2D eigenvalue weighted by molar-refractivity contribution is -0.109. The summed E-state index contributed by atoms with van der Waals surface area (Å²) in [6.45, 7) is 1.54. The molecule has 0 amide bonds. The van der Waals surface area contributed by atoms with Crippen molar-refractivity contribution < 1.29 is 9.59 Å². The average molecular weight is 299 g/mol. The normalized spacial score (nSPS) is 10.6. The summed E-state index contributed by atoms with van der Waals surface area (Å²) in [7, 11) is 0. The molecule has 0 radical (unpaired) electrons. The largest absolute Gasteiger partial charge is 0.298 e. The number of thioether (sulfide) groups is 1. The summed E-state index contributed by atoms with van der Waals surface area (Å²) in [6, 6.07) is 5.48. The summed E-state index contributed by atoms with van der Waals surface area (Å²) < 4.78 is 0.871. The minimum Gasteiger partial charge on any atom is -0.298 e. The first-order valence-electron chi connectivity index (χ1n) is 4.67. The SMILES string of the molecule is CC(=O)SCC=Cc1cc(Br)cc(C=O)c1. The van der Waals surface area contributed by atoms with Crippen LogP contribution in [0.5, 0.6) is 0 Å². The lowest BCUT2D eigenvalue weighted by Gasteiger charge is -1.97. The molecule has 1 rings (SSSR count). The standard InChI is InChI=1S/C12H11BrO2S/c1-9(15)16-4-2-3-10-5-11(8-14)7-12(13)6-10/h2-3,5-8H,4H2,1H3. The molecule has 0 aliphatic carbocycles. The maximum atomic E-state index is 10.7. The second-order valence-corrected chi connectivity index (χ2v) is 5.25. The molecule has 0 aliphatic heterocycles. The van der Waals surface area contributed by atoms with Gasteiger partial charge < -0.3 is 0 Å². The number of benzene rings is 1. The van der Waals surface area contributed by atoms with Crippen LogP contribution in [-0.2, 0) is 4.79 Å². The van der Waals surface area contributed by atoms with Crippen molar-refractivity contribution in [3.63, 3.8) is 0 Å². The van der Waals surface area contributed by atoms with Crippen LogP contribution in [-0.4, -0.2) is 17.2 Å². The van der Waals surface area contributed by atoms with E-state index in [1.807, 2.05) is 18.2 Å². The van der Waals surface area contributed by atoms with E-state index >= 15 is 0 Å². The van der Waals surface area contributed by atoms with Crippen molar-refractivity contribution in [1.82, 2.24) is 0 Å². The third-order valence-corrected chi connectivity index (χ3v) is 3.00. The Morgan fingerprint density at radius 2 is 2.06 bits per heavy atom. The van der Waals surface area contributed by atoms with Gasteiger partial charge in [-0.05, 0) is 23.8 Å². The summed E-state index contributed by atoms with van der Waals surface area (Å²) in [5.41, 5.74) is 1.58. The number of aldehydes is 1. The van der Waals surface area contributed by atoms with Crippen LogP contribution in [0.3, 0.4) is 0 Å². The van der Waals surface area contributed by atoms with Crippen molar-refractivity contribution in [2.75, 3.05) is 5.75 Å². The highest BCUT2D eigenvalue weighted by atomic mass is 79.9. The van der Waals surface area contributed by atoms with Crippen LogP contribution in [0.2, 0.25) is 0 Å². The smallest absolute Gasteiger partial charge is 0.186 e. The maximum absolute atomic E-state index is 10.7. The van der Waals surface area contributed by atoms with Crippen LogP contribution in [0.25, 0.3) is 6.08 Å². The number of halogens is 1. The Balaban J connectivity index is 2.69. The van der Waals surface area contributed by atoms with Crippen molar-refractivity contribution >= 4 is 45.2 Å². The Morgan fingerprint density at radius 1 is 1.38 bits per heavy atom. The van der Waals surface area contributed by atoms with Gasteiger partial charge in [-0.1, -0.05) is 39.8 Å². The Labute approximate surface area is 107 Å². The highest BCUT2D eigenvalue weighted by molar-refractivity contribution is 9.10. The van der Waals surface area contributed by atoms with Crippen LogP contribution >= 0.6 is 27.7 Å². The van der Waals surface area contributed by atoms with Gasteiger partial charge in [0.15, 0.2) is 5.12 Å². The summed E-state index contributed by atoms with van der Waals surface area (Å²) in [5, 5.41) is 0.104. The zero-order chi connectivity index (χ0) is 12.0. The number of hydrogen-bond acceptors (Lipinski definition) is 3. The first kappa shape index (κ1) is 13.2. The van der Waals surface area contributed by atoms with E-state index in [1.165, 1.54) is 11.8 Å². The molecule has 0 bridgehead atoms. The lowest BCUT2D eigenvalue weighted by atomic mass is 10.1. The van der Waals surface area contributed by atoms with Gasteiger partial charge in [0, 0.05) is 22.7 Å². The molecule has 0 aromatic heterocycles. The van der Waals surface area contributed by atoms with E-state index in [9.17, 15) is 9.59 Å². The molecule has 16 heavy (non-hydrogen) atoms. The zero-order valence-corrected chi connectivity index (χ0v) is 11.2. The van der Waals surface area contributed by atoms with E-state index in [-0.39, 0.29) is 5.12 Å². The van der Waals surface area contributed by atoms with Crippen LogP contribution in [0.15, 0.2) is 28.7 Å². The molecule has 1 aromatic carbocycles. The van der Waals surface area contributed by atoms with Crippen molar-refractivity contribution in [2.24, 2.45) is 0 Å². The molecule has 0 saturated carbocycles. The molecule has 0 fully saturated rings. The molecule has 0 heterocycles. The lowest BCUT2D eigenvalue weighted by Crippen LogP contribution is -1.84. The van der Waals surface area contributed by atoms with Crippen LogP contribution in [0.1, 0.15) is 22.8 Å². The Morgan fingerprint density at radius 3 is 2.69 bits per heavy atom. The van der Waals surface area contributed by atoms with Gasteiger partial charge in [0.25, 0.3) is 0 Å². The maximum Gasteiger partial charge on any atom is 0.186 e. The molecule has 0 spiro atoms. The first-order valence-corrected chi connectivity index (χ1v) is 6.45. The van der Waals surface area contributed by atoms with Crippen molar-refractivity contribution in [3.8, 4) is 0 Å². The van der Waals surface area contributed by atoms with Gasteiger partial charge in [-0.15, -0.1) is 0 Å².